The van der Waals surface area contributed by atoms with E-state index in [1.54, 1.807) is 0 Å². The molecule has 0 amide bonds. The SMILES string of the molecule is O.O.[Mo].[Na+].[Na+].[O-2].[O-2].[O-2].[O-2]. The van der Waals surface area contributed by atoms with Crippen molar-refractivity contribution in [1.29, 1.82) is 0 Å². The Hall–Kier alpha value is 2.45. The first-order chi connectivity index (χ1) is 0. The molecule has 0 saturated carbocycles. The molecular formula is H4MoNa2O6-6. The van der Waals surface area contributed by atoms with E-state index in [1.807, 2.05) is 0 Å². The summed E-state index contributed by atoms with van der Waals surface area (Å²) in [5.41, 5.74) is 0. The summed E-state index contributed by atoms with van der Waals surface area (Å²) in [6.45, 7) is 0. The van der Waals surface area contributed by atoms with Gasteiger partial charge in [0.25, 0.3) is 0 Å². The van der Waals surface area contributed by atoms with Gasteiger partial charge in [-0.1, -0.05) is 0 Å². The van der Waals surface area contributed by atoms with Crippen LogP contribution in [0.5, 0.6) is 0 Å². The van der Waals surface area contributed by atoms with Crippen LogP contribution in [0.4, 0.5) is 0 Å². The molecule has 0 aromatic carbocycles. The fourth-order valence-electron chi connectivity index (χ4n) is 0. The van der Waals surface area contributed by atoms with Gasteiger partial charge in [0.1, 0.15) is 0 Å². The van der Waals surface area contributed by atoms with Gasteiger partial charge in [0.15, 0.2) is 0 Å². The van der Waals surface area contributed by atoms with Crippen LogP contribution in [0.15, 0.2) is 0 Å². The Balaban J connectivity index is 0. The predicted molar refractivity (Wildman–Crippen MR) is 9.97 cm³/mol. The fourth-order valence-corrected chi connectivity index (χ4v) is 0. The smallest absolute Gasteiger partial charge is 1.00 e. The molecule has 0 atom stereocenters. The Morgan fingerprint density at radius 3 is 0.444 bits per heavy atom. The number of hydrogen-bond acceptors (Lipinski definition) is 0. The normalized spacial score (nSPS) is 0. The van der Waals surface area contributed by atoms with E-state index in [1.165, 1.54) is 0 Å². The monoisotopic (exact) mass is 244 g/mol. The summed E-state index contributed by atoms with van der Waals surface area (Å²) in [4.78, 5) is 0. The van der Waals surface area contributed by atoms with Crippen molar-refractivity contribution in [1.82, 2.24) is 0 Å². The average Bonchev–Trinajstić information content (AvgIpc) is 0. The van der Waals surface area contributed by atoms with E-state index < -0.39 is 0 Å². The van der Waals surface area contributed by atoms with Crippen molar-refractivity contribution < 1.29 is 113 Å². The third-order valence-electron chi connectivity index (χ3n) is 0. The number of hydrogen-bond donors (Lipinski definition) is 0. The Labute approximate surface area is 111 Å². The maximum Gasteiger partial charge on any atom is 1.00 e. The summed E-state index contributed by atoms with van der Waals surface area (Å²) >= 11 is 0. The van der Waals surface area contributed by atoms with Crippen LogP contribution in [0.2, 0.25) is 0 Å². The zero-order chi connectivity index (χ0) is 0. The van der Waals surface area contributed by atoms with Crippen LogP contribution in [0.3, 0.4) is 0 Å². The minimum atomic E-state index is 0. The molecule has 0 spiro atoms. The van der Waals surface area contributed by atoms with Gasteiger partial charge in [0, 0.05) is 21.1 Å². The molecular weight excluding hydrogens is 238 g/mol. The molecule has 4 N–H and O–H groups in total. The van der Waals surface area contributed by atoms with E-state index in [-0.39, 0.29) is 113 Å². The van der Waals surface area contributed by atoms with Crippen molar-refractivity contribution >= 4 is 0 Å². The minimum Gasteiger partial charge on any atom is -2.00 e. The van der Waals surface area contributed by atoms with Crippen LogP contribution in [-0.2, 0) is 43.0 Å². The molecule has 0 aliphatic carbocycles. The Bertz CT molecular complexity index is 11.0. The summed E-state index contributed by atoms with van der Waals surface area (Å²) in [5.74, 6) is 0. The number of rotatable bonds is 0. The average molecular weight is 242 g/mol. The molecule has 6 nitrogen and oxygen atoms in total. The molecule has 0 aromatic heterocycles. The molecule has 0 fully saturated rings. The molecule has 0 saturated heterocycles. The molecule has 0 unspecified atom stereocenters. The van der Waals surface area contributed by atoms with Gasteiger partial charge >= 0.3 is 59.1 Å². The zero-order valence-electron chi connectivity index (χ0n) is 5.04. The zero-order valence-corrected chi connectivity index (χ0v) is 11.0. The third-order valence-corrected chi connectivity index (χ3v) is 0. The molecule has 0 rings (SSSR count). The Morgan fingerprint density at radius 2 is 0.444 bits per heavy atom. The van der Waals surface area contributed by atoms with Crippen LogP contribution in [0.25, 0.3) is 0 Å². The molecule has 0 aliphatic rings. The molecule has 0 bridgehead atoms. The van der Waals surface area contributed by atoms with E-state index in [0.717, 1.165) is 0 Å². The second-order valence-electron chi connectivity index (χ2n) is 0. The van der Waals surface area contributed by atoms with E-state index in [4.69, 9.17) is 0 Å². The maximum absolute atomic E-state index is 0. The minimum absolute atomic E-state index is 0. The molecule has 0 aromatic rings. The van der Waals surface area contributed by atoms with Gasteiger partial charge in [-0.25, -0.2) is 0 Å². The standard InChI is InChI=1S/Mo.2Na.2H2O.4O/h;;;2*1H2;;;;/q;2*+1;;;4*-2. The molecule has 0 aliphatic heterocycles. The van der Waals surface area contributed by atoms with E-state index >= 15 is 0 Å². The third kappa shape index (κ3) is 124. The first-order valence-electron chi connectivity index (χ1n) is 0. The molecule has 0 heterocycles. The van der Waals surface area contributed by atoms with Gasteiger partial charge in [-0.3, -0.25) is 0 Å². The summed E-state index contributed by atoms with van der Waals surface area (Å²) in [5, 5.41) is 0. The Kier molecular flexibility index (Phi) is 3600. The maximum atomic E-state index is 0. The van der Waals surface area contributed by atoms with Crippen molar-refractivity contribution in [3.8, 4) is 0 Å². The van der Waals surface area contributed by atoms with Crippen molar-refractivity contribution in [2.45, 2.75) is 0 Å². The van der Waals surface area contributed by atoms with Crippen molar-refractivity contribution in [3.63, 3.8) is 0 Å². The van der Waals surface area contributed by atoms with Gasteiger partial charge in [0.05, 0.1) is 0 Å². The summed E-state index contributed by atoms with van der Waals surface area (Å²) in [6.07, 6.45) is 0. The van der Waals surface area contributed by atoms with E-state index in [2.05, 4.69) is 0 Å². The summed E-state index contributed by atoms with van der Waals surface area (Å²) in [7, 11) is 0. The molecule has 0 radical (unpaired) electrons. The van der Waals surface area contributed by atoms with E-state index in [9.17, 15) is 0 Å². The fraction of sp³-hybridized carbons (Fsp3) is 0. The van der Waals surface area contributed by atoms with Crippen LogP contribution >= 0.6 is 0 Å². The van der Waals surface area contributed by atoms with Crippen LogP contribution in [-0.4, -0.2) is 11.0 Å². The topological polar surface area (TPSA) is 177 Å². The van der Waals surface area contributed by atoms with Gasteiger partial charge in [-0.15, -0.1) is 0 Å². The summed E-state index contributed by atoms with van der Waals surface area (Å²) in [6, 6.07) is 0. The van der Waals surface area contributed by atoms with Crippen LogP contribution < -0.4 is 59.1 Å². The van der Waals surface area contributed by atoms with Crippen molar-refractivity contribution in [3.05, 3.63) is 0 Å². The first kappa shape index (κ1) is 208. The summed E-state index contributed by atoms with van der Waals surface area (Å²) < 4.78 is 0. The molecule has 54 valence electrons. The molecule has 9 heavy (non-hydrogen) atoms. The van der Waals surface area contributed by atoms with Crippen molar-refractivity contribution in [2.24, 2.45) is 0 Å². The van der Waals surface area contributed by atoms with Gasteiger partial charge < -0.3 is 32.9 Å². The van der Waals surface area contributed by atoms with Gasteiger partial charge in [-0.2, -0.15) is 0 Å². The van der Waals surface area contributed by atoms with Crippen molar-refractivity contribution in [2.75, 3.05) is 0 Å². The first-order valence-corrected chi connectivity index (χ1v) is 0. The second kappa shape index (κ2) is 156. The van der Waals surface area contributed by atoms with Crippen LogP contribution in [0.1, 0.15) is 0 Å². The molecule has 9 heteroatoms. The quantitative estimate of drug-likeness (QED) is 0.366. The van der Waals surface area contributed by atoms with Gasteiger partial charge in [-0.05, 0) is 0 Å². The Morgan fingerprint density at radius 1 is 0.444 bits per heavy atom. The largest absolute Gasteiger partial charge is 2.00 e. The predicted octanol–water partition coefficient (Wildman–Crippen LogP) is -8.12. The van der Waals surface area contributed by atoms with Crippen LogP contribution in [0, 0.1) is 0 Å². The van der Waals surface area contributed by atoms with Gasteiger partial charge in [0.2, 0.25) is 0 Å². The van der Waals surface area contributed by atoms with E-state index in [0.29, 0.717) is 0 Å². The second-order valence-corrected chi connectivity index (χ2v) is 0.